The topological polar surface area (TPSA) is 37.3 Å². The molecule has 1 aromatic rings. The van der Waals surface area contributed by atoms with Crippen LogP contribution in [0, 0.1) is 6.92 Å². The van der Waals surface area contributed by atoms with Gasteiger partial charge in [-0.05, 0) is 43.2 Å². The van der Waals surface area contributed by atoms with E-state index in [4.69, 9.17) is 5.11 Å². The van der Waals surface area contributed by atoms with Gasteiger partial charge in [0, 0.05) is 10.0 Å². The fourth-order valence-corrected chi connectivity index (χ4v) is 1.57. The maximum Gasteiger partial charge on any atom is 0.331 e. The standard InChI is InChI=1S/C11H11BrO2/c1-7-6-10(12)4-3-9(7)5-8(2)11(13)14/h3-6H,1-2H3,(H,13,14). The lowest BCUT2D eigenvalue weighted by atomic mass is 10.1. The van der Waals surface area contributed by atoms with Crippen molar-refractivity contribution in [2.75, 3.05) is 0 Å². The van der Waals surface area contributed by atoms with Gasteiger partial charge >= 0.3 is 5.97 Å². The summed E-state index contributed by atoms with van der Waals surface area (Å²) in [7, 11) is 0. The molecule has 0 aliphatic carbocycles. The SMILES string of the molecule is CC(=Cc1ccc(Br)cc1C)C(=O)O. The summed E-state index contributed by atoms with van der Waals surface area (Å²) < 4.78 is 1.00. The third kappa shape index (κ3) is 2.70. The molecule has 3 heteroatoms. The van der Waals surface area contributed by atoms with E-state index in [0.29, 0.717) is 5.57 Å². The van der Waals surface area contributed by atoms with Crippen LogP contribution in [-0.2, 0) is 4.79 Å². The number of halogens is 1. The van der Waals surface area contributed by atoms with Gasteiger partial charge in [-0.25, -0.2) is 4.79 Å². The van der Waals surface area contributed by atoms with Crippen LogP contribution in [0.25, 0.3) is 6.08 Å². The molecular weight excluding hydrogens is 244 g/mol. The molecule has 1 N–H and O–H groups in total. The Morgan fingerprint density at radius 1 is 1.50 bits per heavy atom. The molecule has 0 aromatic heterocycles. The van der Waals surface area contributed by atoms with Crippen molar-refractivity contribution < 1.29 is 9.90 Å². The summed E-state index contributed by atoms with van der Waals surface area (Å²) in [5.41, 5.74) is 2.34. The number of carboxylic acid groups (broad SMARTS) is 1. The molecule has 1 aromatic carbocycles. The lowest BCUT2D eigenvalue weighted by molar-refractivity contribution is -0.132. The van der Waals surface area contributed by atoms with Crippen LogP contribution in [0.5, 0.6) is 0 Å². The number of rotatable bonds is 2. The zero-order chi connectivity index (χ0) is 10.7. The van der Waals surface area contributed by atoms with Crippen LogP contribution in [0.4, 0.5) is 0 Å². The minimum atomic E-state index is -0.882. The first-order chi connectivity index (χ1) is 6.50. The van der Waals surface area contributed by atoms with Crippen molar-refractivity contribution in [3.05, 3.63) is 39.4 Å². The first-order valence-corrected chi connectivity index (χ1v) is 4.98. The highest BCUT2D eigenvalue weighted by molar-refractivity contribution is 9.10. The van der Waals surface area contributed by atoms with Crippen LogP contribution in [0.2, 0.25) is 0 Å². The van der Waals surface area contributed by atoms with Gasteiger partial charge in [-0.15, -0.1) is 0 Å². The number of carboxylic acids is 1. The summed E-state index contributed by atoms with van der Waals surface area (Å²) in [5, 5.41) is 8.71. The van der Waals surface area contributed by atoms with Gasteiger partial charge in [-0.3, -0.25) is 0 Å². The Balaban J connectivity index is 3.09. The van der Waals surface area contributed by atoms with E-state index in [2.05, 4.69) is 15.9 Å². The zero-order valence-corrected chi connectivity index (χ0v) is 9.63. The second-order valence-electron chi connectivity index (χ2n) is 3.13. The van der Waals surface area contributed by atoms with Crippen molar-refractivity contribution in [1.82, 2.24) is 0 Å². The van der Waals surface area contributed by atoms with Gasteiger partial charge < -0.3 is 5.11 Å². The second-order valence-corrected chi connectivity index (χ2v) is 4.05. The summed E-state index contributed by atoms with van der Waals surface area (Å²) in [5.74, 6) is -0.882. The number of hydrogen-bond acceptors (Lipinski definition) is 1. The fraction of sp³-hybridized carbons (Fsp3) is 0.182. The predicted molar refractivity (Wildman–Crippen MR) is 60.2 cm³/mol. The number of hydrogen-bond donors (Lipinski definition) is 1. The number of benzene rings is 1. The molecule has 0 aliphatic rings. The molecule has 0 unspecified atom stereocenters. The summed E-state index contributed by atoms with van der Waals surface area (Å²) in [6, 6.07) is 5.75. The zero-order valence-electron chi connectivity index (χ0n) is 8.04. The van der Waals surface area contributed by atoms with Crippen molar-refractivity contribution in [2.45, 2.75) is 13.8 Å². The third-order valence-electron chi connectivity index (χ3n) is 1.94. The normalized spacial score (nSPS) is 11.5. The van der Waals surface area contributed by atoms with Gasteiger partial charge in [0.2, 0.25) is 0 Å². The van der Waals surface area contributed by atoms with Gasteiger partial charge in [0.05, 0.1) is 0 Å². The van der Waals surface area contributed by atoms with Crippen LogP contribution in [0.15, 0.2) is 28.2 Å². The van der Waals surface area contributed by atoms with Crippen LogP contribution < -0.4 is 0 Å². The Morgan fingerprint density at radius 2 is 2.14 bits per heavy atom. The minimum Gasteiger partial charge on any atom is -0.478 e. The Kier molecular flexibility index (Phi) is 3.47. The molecular formula is C11H11BrO2. The van der Waals surface area contributed by atoms with Gasteiger partial charge in [-0.1, -0.05) is 22.0 Å². The Bertz CT molecular complexity index is 394. The van der Waals surface area contributed by atoms with Gasteiger partial charge in [0.25, 0.3) is 0 Å². The summed E-state index contributed by atoms with van der Waals surface area (Å²) >= 11 is 3.35. The highest BCUT2D eigenvalue weighted by Gasteiger charge is 2.01. The minimum absolute atomic E-state index is 0.343. The summed E-state index contributed by atoms with van der Waals surface area (Å²) in [6.45, 7) is 3.54. The molecule has 0 aliphatic heterocycles. The van der Waals surface area contributed by atoms with Crippen molar-refractivity contribution in [1.29, 1.82) is 0 Å². The molecule has 0 amide bonds. The fourth-order valence-electron chi connectivity index (χ4n) is 1.10. The molecule has 74 valence electrons. The molecule has 2 nitrogen and oxygen atoms in total. The second kappa shape index (κ2) is 4.42. The first kappa shape index (κ1) is 11.0. The van der Waals surface area contributed by atoms with E-state index < -0.39 is 5.97 Å². The molecule has 0 atom stereocenters. The average molecular weight is 255 g/mol. The third-order valence-corrected chi connectivity index (χ3v) is 2.43. The van der Waals surface area contributed by atoms with Gasteiger partial charge in [0.15, 0.2) is 0 Å². The van der Waals surface area contributed by atoms with Gasteiger partial charge in [-0.2, -0.15) is 0 Å². The molecule has 0 heterocycles. The van der Waals surface area contributed by atoms with Crippen LogP contribution in [0.1, 0.15) is 18.1 Å². The Morgan fingerprint density at radius 3 is 2.64 bits per heavy atom. The van der Waals surface area contributed by atoms with Crippen molar-refractivity contribution in [3.8, 4) is 0 Å². The van der Waals surface area contributed by atoms with E-state index in [1.54, 1.807) is 13.0 Å². The van der Waals surface area contributed by atoms with E-state index in [9.17, 15) is 4.79 Å². The van der Waals surface area contributed by atoms with Crippen LogP contribution in [0.3, 0.4) is 0 Å². The molecule has 0 saturated carbocycles. The number of aliphatic carboxylic acids is 1. The van der Waals surface area contributed by atoms with E-state index in [0.717, 1.165) is 15.6 Å². The predicted octanol–water partition coefficient (Wildman–Crippen LogP) is 3.25. The smallest absolute Gasteiger partial charge is 0.331 e. The molecule has 14 heavy (non-hydrogen) atoms. The van der Waals surface area contributed by atoms with E-state index in [1.807, 2.05) is 25.1 Å². The lowest BCUT2D eigenvalue weighted by Gasteiger charge is -2.01. The monoisotopic (exact) mass is 254 g/mol. The largest absolute Gasteiger partial charge is 0.478 e. The van der Waals surface area contributed by atoms with Crippen molar-refractivity contribution in [3.63, 3.8) is 0 Å². The highest BCUT2D eigenvalue weighted by atomic mass is 79.9. The lowest BCUT2D eigenvalue weighted by Crippen LogP contribution is -1.95. The van der Waals surface area contributed by atoms with E-state index >= 15 is 0 Å². The van der Waals surface area contributed by atoms with Gasteiger partial charge in [0.1, 0.15) is 0 Å². The quantitative estimate of drug-likeness (QED) is 0.823. The molecule has 0 saturated heterocycles. The molecule has 1 rings (SSSR count). The highest BCUT2D eigenvalue weighted by Crippen LogP contribution is 2.18. The maximum atomic E-state index is 10.6. The number of aryl methyl sites for hydroxylation is 1. The Labute approximate surface area is 91.4 Å². The first-order valence-electron chi connectivity index (χ1n) is 4.18. The van der Waals surface area contributed by atoms with E-state index in [1.165, 1.54) is 0 Å². The number of carbonyl (C=O) groups is 1. The van der Waals surface area contributed by atoms with Crippen LogP contribution in [-0.4, -0.2) is 11.1 Å². The van der Waals surface area contributed by atoms with Crippen molar-refractivity contribution in [2.24, 2.45) is 0 Å². The van der Waals surface area contributed by atoms with Crippen LogP contribution >= 0.6 is 15.9 Å². The molecule has 0 bridgehead atoms. The molecule has 0 spiro atoms. The maximum absolute atomic E-state index is 10.6. The summed E-state index contributed by atoms with van der Waals surface area (Å²) in [6.07, 6.45) is 1.67. The molecule has 0 radical (unpaired) electrons. The Hall–Kier alpha value is -1.09. The molecule has 0 fully saturated rings. The summed E-state index contributed by atoms with van der Waals surface area (Å²) in [4.78, 5) is 10.6. The average Bonchev–Trinajstić information content (AvgIpc) is 2.09. The van der Waals surface area contributed by atoms with Crippen molar-refractivity contribution >= 4 is 28.0 Å². The van der Waals surface area contributed by atoms with E-state index in [-0.39, 0.29) is 0 Å².